The fourth-order valence-corrected chi connectivity index (χ4v) is 5.51. The third-order valence-corrected chi connectivity index (χ3v) is 8.39. The van der Waals surface area contributed by atoms with Crippen LogP contribution in [0.3, 0.4) is 0 Å². The SMILES string of the molecule is CC(C)(C)OC(=O)N(CC[C@@H]1C[C@@H]1C1CCN(c2ncc(Cl)cn2)CC1)c1ccc(NC(=O)C2(C)CC2)nc1. The van der Waals surface area contributed by atoms with E-state index in [0.29, 0.717) is 40.8 Å². The van der Waals surface area contributed by atoms with E-state index in [-0.39, 0.29) is 17.4 Å². The summed E-state index contributed by atoms with van der Waals surface area (Å²) in [5, 5.41) is 3.45. The highest BCUT2D eigenvalue weighted by Crippen LogP contribution is 2.50. The van der Waals surface area contributed by atoms with E-state index in [1.54, 1.807) is 29.6 Å². The van der Waals surface area contributed by atoms with Crippen molar-refractivity contribution in [2.75, 3.05) is 34.8 Å². The fourth-order valence-electron chi connectivity index (χ4n) is 5.42. The van der Waals surface area contributed by atoms with Gasteiger partial charge in [-0.05, 0) is 89.2 Å². The number of halogens is 1. The van der Waals surface area contributed by atoms with Crippen LogP contribution >= 0.6 is 11.6 Å². The van der Waals surface area contributed by atoms with Crippen molar-refractivity contribution in [3.63, 3.8) is 0 Å². The first-order chi connectivity index (χ1) is 18.5. The van der Waals surface area contributed by atoms with E-state index < -0.39 is 5.60 Å². The molecule has 1 saturated heterocycles. The van der Waals surface area contributed by atoms with Gasteiger partial charge in [-0.1, -0.05) is 18.5 Å². The van der Waals surface area contributed by atoms with Crippen molar-refractivity contribution >= 4 is 41.1 Å². The van der Waals surface area contributed by atoms with Gasteiger partial charge < -0.3 is 15.0 Å². The van der Waals surface area contributed by atoms with Crippen LogP contribution in [0, 0.1) is 23.2 Å². The molecule has 0 aromatic carbocycles. The van der Waals surface area contributed by atoms with Gasteiger partial charge in [0.15, 0.2) is 0 Å². The molecule has 9 nitrogen and oxygen atoms in total. The Labute approximate surface area is 235 Å². The number of anilines is 3. The molecule has 0 radical (unpaired) electrons. The molecule has 0 spiro atoms. The molecule has 2 aromatic rings. The van der Waals surface area contributed by atoms with E-state index in [1.807, 2.05) is 33.8 Å². The summed E-state index contributed by atoms with van der Waals surface area (Å²) in [6.45, 7) is 10.0. The van der Waals surface area contributed by atoms with Gasteiger partial charge in [-0.3, -0.25) is 9.69 Å². The molecule has 3 heterocycles. The van der Waals surface area contributed by atoms with Crippen molar-refractivity contribution in [1.82, 2.24) is 15.0 Å². The highest BCUT2D eigenvalue weighted by molar-refractivity contribution is 6.30. The molecule has 2 amide bonds. The normalized spacial score (nSPS) is 22.2. The fraction of sp³-hybridized carbons (Fsp3) is 0.621. The molecule has 2 saturated carbocycles. The summed E-state index contributed by atoms with van der Waals surface area (Å²) in [4.78, 5) is 42.6. The predicted octanol–water partition coefficient (Wildman–Crippen LogP) is 5.95. The van der Waals surface area contributed by atoms with Gasteiger partial charge in [0.25, 0.3) is 0 Å². The van der Waals surface area contributed by atoms with Gasteiger partial charge in [-0.25, -0.2) is 19.7 Å². The first-order valence-corrected chi connectivity index (χ1v) is 14.4. The van der Waals surface area contributed by atoms with Gasteiger partial charge in [0.05, 0.1) is 29.3 Å². The number of nitrogens with zero attached hydrogens (tertiary/aromatic N) is 5. The van der Waals surface area contributed by atoms with E-state index in [0.717, 1.165) is 51.1 Å². The second-order valence-electron chi connectivity index (χ2n) is 12.5. The minimum absolute atomic E-state index is 0.00181. The summed E-state index contributed by atoms with van der Waals surface area (Å²) in [6, 6.07) is 3.59. The lowest BCUT2D eigenvalue weighted by Crippen LogP contribution is -2.38. The first-order valence-electron chi connectivity index (χ1n) is 14.0. The Morgan fingerprint density at radius 3 is 2.41 bits per heavy atom. The van der Waals surface area contributed by atoms with Crippen LogP contribution in [0.25, 0.3) is 0 Å². The molecule has 3 fully saturated rings. The quantitative estimate of drug-likeness (QED) is 0.430. The van der Waals surface area contributed by atoms with Gasteiger partial charge in [-0.2, -0.15) is 0 Å². The lowest BCUT2D eigenvalue weighted by molar-refractivity contribution is -0.120. The second kappa shape index (κ2) is 10.9. The largest absolute Gasteiger partial charge is 0.443 e. The van der Waals surface area contributed by atoms with Gasteiger partial charge in [0, 0.05) is 25.0 Å². The summed E-state index contributed by atoms with van der Waals surface area (Å²) < 4.78 is 5.72. The second-order valence-corrected chi connectivity index (χ2v) is 13.0. The van der Waals surface area contributed by atoms with Crippen molar-refractivity contribution in [3.05, 3.63) is 35.7 Å². The molecule has 1 aliphatic heterocycles. The Bertz CT molecular complexity index is 1170. The Kier molecular flexibility index (Phi) is 7.73. The number of rotatable bonds is 8. The number of amides is 2. The zero-order valence-corrected chi connectivity index (χ0v) is 24.1. The highest BCUT2D eigenvalue weighted by Gasteiger charge is 2.45. The molecule has 2 aromatic heterocycles. The van der Waals surface area contributed by atoms with Gasteiger partial charge >= 0.3 is 6.09 Å². The highest BCUT2D eigenvalue weighted by atomic mass is 35.5. The average Bonchev–Trinajstić information content (AvgIpc) is 3.82. The van der Waals surface area contributed by atoms with E-state index >= 15 is 0 Å². The number of hydrogen-bond donors (Lipinski definition) is 1. The average molecular weight is 555 g/mol. The minimum atomic E-state index is -0.597. The van der Waals surface area contributed by atoms with Crippen LogP contribution in [-0.4, -0.2) is 52.2 Å². The molecule has 1 N–H and O–H groups in total. The zero-order chi connectivity index (χ0) is 27.8. The Balaban J connectivity index is 1.16. The van der Waals surface area contributed by atoms with Crippen LogP contribution in [0.4, 0.5) is 22.2 Å². The molecule has 0 unspecified atom stereocenters. The monoisotopic (exact) mass is 554 g/mol. The summed E-state index contributed by atoms with van der Waals surface area (Å²) in [5.74, 6) is 3.23. The molecule has 39 heavy (non-hydrogen) atoms. The summed E-state index contributed by atoms with van der Waals surface area (Å²) in [7, 11) is 0. The molecule has 3 aliphatic rings. The van der Waals surface area contributed by atoms with E-state index in [1.165, 1.54) is 6.42 Å². The number of aromatic nitrogens is 3. The van der Waals surface area contributed by atoms with Crippen LogP contribution in [0.5, 0.6) is 0 Å². The third kappa shape index (κ3) is 6.99. The number of carbonyl (C=O) groups excluding carboxylic acids is 2. The number of piperidine rings is 1. The number of carbonyl (C=O) groups is 2. The number of ether oxygens (including phenoxy) is 1. The maximum Gasteiger partial charge on any atom is 0.414 e. The Morgan fingerprint density at radius 2 is 1.82 bits per heavy atom. The molecule has 2 atom stereocenters. The van der Waals surface area contributed by atoms with E-state index in [2.05, 4.69) is 25.2 Å². The van der Waals surface area contributed by atoms with Gasteiger partial charge in [-0.15, -0.1) is 0 Å². The lowest BCUT2D eigenvalue weighted by atomic mass is 9.90. The van der Waals surface area contributed by atoms with Crippen molar-refractivity contribution in [3.8, 4) is 0 Å². The van der Waals surface area contributed by atoms with Gasteiger partial charge in [0.1, 0.15) is 11.4 Å². The van der Waals surface area contributed by atoms with Crippen LogP contribution in [0.15, 0.2) is 30.7 Å². The number of nitrogens with one attached hydrogen (secondary N) is 1. The van der Waals surface area contributed by atoms with Crippen LogP contribution in [0.2, 0.25) is 5.02 Å². The molecular formula is C29H39ClN6O3. The topological polar surface area (TPSA) is 101 Å². The van der Waals surface area contributed by atoms with Gasteiger partial charge in [0.2, 0.25) is 11.9 Å². The van der Waals surface area contributed by atoms with Crippen molar-refractivity contribution < 1.29 is 14.3 Å². The smallest absolute Gasteiger partial charge is 0.414 e. The van der Waals surface area contributed by atoms with Crippen LogP contribution in [0.1, 0.15) is 66.2 Å². The molecule has 2 aliphatic carbocycles. The minimum Gasteiger partial charge on any atom is -0.443 e. The molecule has 5 rings (SSSR count). The first kappa shape index (κ1) is 27.6. The van der Waals surface area contributed by atoms with Crippen molar-refractivity contribution in [2.45, 2.75) is 71.8 Å². The van der Waals surface area contributed by atoms with Crippen LogP contribution in [-0.2, 0) is 9.53 Å². The molecule has 0 bridgehead atoms. The van der Waals surface area contributed by atoms with Crippen molar-refractivity contribution in [2.24, 2.45) is 23.2 Å². The van der Waals surface area contributed by atoms with Crippen molar-refractivity contribution in [1.29, 1.82) is 0 Å². The third-order valence-electron chi connectivity index (χ3n) is 8.20. The van der Waals surface area contributed by atoms with E-state index in [4.69, 9.17) is 16.3 Å². The summed E-state index contributed by atoms with van der Waals surface area (Å²) >= 11 is 5.93. The summed E-state index contributed by atoms with van der Waals surface area (Å²) in [5.41, 5.74) is -0.196. The molecule has 210 valence electrons. The molecule has 10 heteroatoms. The Morgan fingerprint density at radius 1 is 1.13 bits per heavy atom. The van der Waals surface area contributed by atoms with E-state index in [9.17, 15) is 9.59 Å². The number of pyridine rings is 1. The lowest BCUT2D eigenvalue weighted by Gasteiger charge is -2.32. The maximum absolute atomic E-state index is 13.2. The predicted molar refractivity (Wildman–Crippen MR) is 152 cm³/mol. The standard InChI is InChI=1S/C29H39ClN6O3/c1-28(2,3)39-27(38)36(22-5-6-24(31-18-22)34-25(37)29(4)10-11-29)14-9-20-15-23(20)19-7-12-35(13-8-19)26-32-16-21(30)17-33-26/h5-6,16-20,23H,7-15H2,1-4H3,(H,31,34,37)/t20-,23-/m1/s1. The van der Waals surface area contributed by atoms with Crippen LogP contribution < -0.4 is 15.1 Å². The summed E-state index contributed by atoms with van der Waals surface area (Å²) in [6.07, 6.45) is 10.7. The Hall–Kier alpha value is -2.94. The molecular weight excluding hydrogens is 516 g/mol. The zero-order valence-electron chi connectivity index (χ0n) is 23.3. The number of hydrogen-bond acceptors (Lipinski definition) is 7. The maximum atomic E-state index is 13.2.